The van der Waals surface area contributed by atoms with E-state index in [4.69, 9.17) is 17.3 Å². The molecule has 1 atom stereocenters. The van der Waals surface area contributed by atoms with Crippen molar-refractivity contribution < 1.29 is 0 Å². The van der Waals surface area contributed by atoms with Crippen LogP contribution in [0.25, 0.3) is 0 Å². The maximum Gasteiger partial charge on any atom is 0.0676 e. The number of rotatable bonds is 2. The smallest absolute Gasteiger partial charge is 0.0676 e. The minimum Gasteiger partial charge on any atom is -0.320 e. The highest BCUT2D eigenvalue weighted by molar-refractivity contribution is 7.10. The molecule has 0 amide bonds. The molecule has 0 saturated heterocycles. The third-order valence-electron chi connectivity index (χ3n) is 1.97. The van der Waals surface area contributed by atoms with Crippen molar-refractivity contribution in [2.75, 3.05) is 0 Å². The molecule has 2 nitrogen and oxygen atoms in total. The van der Waals surface area contributed by atoms with Crippen molar-refractivity contribution in [3.8, 4) is 0 Å². The van der Waals surface area contributed by atoms with Gasteiger partial charge >= 0.3 is 0 Å². The predicted molar refractivity (Wildman–Crippen MR) is 59.6 cm³/mol. The third kappa shape index (κ3) is 1.80. The lowest BCUT2D eigenvalue weighted by atomic mass is 10.1. The van der Waals surface area contributed by atoms with Gasteiger partial charge in [0, 0.05) is 17.3 Å². The van der Waals surface area contributed by atoms with Crippen molar-refractivity contribution in [3.05, 3.63) is 51.4 Å². The van der Waals surface area contributed by atoms with E-state index in [-0.39, 0.29) is 6.04 Å². The molecule has 1 unspecified atom stereocenters. The molecule has 2 aromatic heterocycles. The zero-order chi connectivity index (χ0) is 9.97. The summed E-state index contributed by atoms with van der Waals surface area (Å²) in [7, 11) is 0. The topological polar surface area (TPSA) is 38.9 Å². The molecule has 2 rings (SSSR count). The van der Waals surface area contributed by atoms with E-state index in [2.05, 4.69) is 4.98 Å². The van der Waals surface area contributed by atoms with E-state index in [0.29, 0.717) is 0 Å². The molecule has 14 heavy (non-hydrogen) atoms. The van der Waals surface area contributed by atoms with Crippen LogP contribution >= 0.6 is 22.9 Å². The third-order valence-corrected chi connectivity index (χ3v) is 3.41. The Balaban J connectivity index is 2.34. The standard InChI is InChI=1S/C10H9ClN2S/c11-8-3-5-14-10(8)9(12)7-2-1-4-13-6-7/h1-6,9H,12H2. The molecule has 0 aliphatic heterocycles. The average Bonchev–Trinajstić information content (AvgIpc) is 2.65. The molecule has 2 aromatic rings. The first-order chi connectivity index (χ1) is 6.79. The first kappa shape index (κ1) is 9.65. The highest BCUT2D eigenvalue weighted by atomic mass is 35.5. The fourth-order valence-electron chi connectivity index (χ4n) is 1.24. The summed E-state index contributed by atoms with van der Waals surface area (Å²) in [5.74, 6) is 0. The van der Waals surface area contributed by atoms with E-state index in [1.54, 1.807) is 23.7 Å². The Morgan fingerprint density at radius 1 is 1.43 bits per heavy atom. The van der Waals surface area contributed by atoms with Crippen LogP contribution in [0.5, 0.6) is 0 Å². The fourth-order valence-corrected chi connectivity index (χ4v) is 2.44. The van der Waals surface area contributed by atoms with Crippen molar-refractivity contribution in [2.45, 2.75) is 6.04 Å². The van der Waals surface area contributed by atoms with Crippen LogP contribution in [0.1, 0.15) is 16.5 Å². The summed E-state index contributed by atoms with van der Waals surface area (Å²) < 4.78 is 0. The van der Waals surface area contributed by atoms with Gasteiger partial charge in [-0.25, -0.2) is 0 Å². The van der Waals surface area contributed by atoms with Crippen molar-refractivity contribution in [3.63, 3.8) is 0 Å². The van der Waals surface area contributed by atoms with Crippen LogP contribution in [-0.2, 0) is 0 Å². The van der Waals surface area contributed by atoms with Crippen LogP contribution in [0.2, 0.25) is 5.02 Å². The highest BCUT2D eigenvalue weighted by Crippen LogP contribution is 2.30. The number of hydrogen-bond donors (Lipinski definition) is 1. The van der Waals surface area contributed by atoms with Gasteiger partial charge < -0.3 is 5.73 Å². The molecule has 72 valence electrons. The van der Waals surface area contributed by atoms with E-state index in [0.717, 1.165) is 15.5 Å². The van der Waals surface area contributed by atoms with Crippen LogP contribution in [0.3, 0.4) is 0 Å². The van der Waals surface area contributed by atoms with Crippen LogP contribution in [0.15, 0.2) is 36.0 Å². The monoisotopic (exact) mass is 224 g/mol. The SMILES string of the molecule is NC(c1cccnc1)c1sccc1Cl. The zero-order valence-corrected chi connectivity index (χ0v) is 8.92. The highest BCUT2D eigenvalue weighted by Gasteiger charge is 2.13. The quantitative estimate of drug-likeness (QED) is 0.852. The molecular formula is C10H9ClN2S. The lowest BCUT2D eigenvalue weighted by molar-refractivity contribution is 0.884. The Morgan fingerprint density at radius 3 is 2.86 bits per heavy atom. The van der Waals surface area contributed by atoms with Crippen molar-refractivity contribution >= 4 is 22.9 Å². The van der Waals surface area contributed by atoms with Crippen LogP contribution in [0.4, 0.5) is 0 Å². The molecule has 0 aliphatic carbocycles. The summed E-state index contributed by atoms with van der Waals surface area (Å²) in [5.41, 5.74) is 7.03. The normalized spacial score (nSPS) is 12.7. The number of hydrogen-bond acceptors (Lipinski definition) is 3. The van der Waals surface area contributed by atoms with Crippen LogP contribution in [0, 0.1) is 0 Å². The van der Waals surface area contributed by atoms with Crippen molar-refractivity contribution in [1.29, 1.82) is 0 Å². The maximum atomic E-state index is 6.05. The van der Waals surface area contributed by atoms with E-state index >= 15 is 0 Å². The summed E-state index contributed by atoms with van der Waals surface area (Å²) in [5, 5.41) is 2.67. The van der Waals surface area contributed by atoms with Gasteiger partial charge in [0.25, 0.3) is 0 Å². The number of nitrogens with two attached hydrogens (primary N) is 1. The van der Waals surface area contributed by atoms with E-state index in [1.165, 1.54) is 0 Å². The Morgan fingerprint density at radius 2 is 2.29 bits per heavy atom. The second-order valence-corrected chi connectivity index (χ2v) is 4.25. The molecule has 0 aromatic carbocycles. The second-order valence-electron chi connectivity index (χ2n) is 2.90. The van der Waals surface area contributed by atoms with E-state index in [9.17, 15) is 0 Å². The molecule has 0 aliphatic rings. The maximum absolute atomic E-state index is 6.05. The summed E-state index contributed by atoms with van der Waals surface area (Å²) in [6, 6.07) is 5.51. The largest absolute Gasteiger partial charge is 0.320 e. The summed E-state index contributed by atoms with van der Waals surface area (Å²) >= 11 is 7.56. The Labute approximate surface area is 91.4 Å². The molecule has 4 heteroatoms. The molecule has 0 saturated carbocycles. The first-order valence-electron chi connectivity index (χ1n) is 4.17. The average molecular weight is 225 g/mol. The van der Waals surface area contributed by atoms with Gasteiger partial charge in [-0.05, 0) is 23.1 Å². The number of pyridine rings is 1. The molecule has 0 spiro atoms. The molecular weight excluding hydrogens is 216 g/mol. The van der Waals surface area contributed by atoms with Gasteiger partial charge in [-0.1, -0.05) is 17.7 Å². The van der Waals surface area contributed by atoms with Crippen molar-refractivity contribution in [2.24, 2.45) is 5.73 Å². The number of thiophene rings is 1. The van der Waals surface area contributed by atoms with Gasteiger partial charge in [0.05, 0.1) is 11.1 Å². The summed E-state index contributed by atoms with van der Waals surface area (Å²) in [6.07, 6.45) is 3.49. The Bertz CT molecular complexity index is 413. The van der Waals surface area contributed by atoms with Gasteiger partial charge in [0.15, 0.2) is 0 Å². The van der Waals surface area contributed by atoms with Crippen molar-refractivity contribution in [1.82, 2.24) is 4.98 Å². The minimum absolute atomic E-state index is 0.170. The van der Waals surface area contributed by atoms with E-state index in [1.807, 2.05) is 23.6 Å². The number of aromatic nitrogens is 1. The number of halogens is 1. The molecule has 2 N–H and O–H groups in total. The molecule has 0 radical (unpaired) electrons. The Kier molecular flexibility index (Phi) is 2.82. The number of nitrogens with zero attached hydrogens (tertiary/aromatic N) is 1. The molecule has 0 bridgehead atoms. The minimum atomic E-state index is -0.170. The van der Waals surface area contributed by atoms with Crippen LogP contribution < -0.4 is 5.73 Å². The lowest BCUT2D eigenvalue weighted by Crippen LogP contribution is -2.10. The Hall–Kier alpha value is -0.900. The van der Waals surface area contributed by atoms with Gasteiger partial charge in [-0.3, -0.25) is 4.98 Å². The fraction of sp³-hybridized carbons (Fsp3) is 0.100. The molecule has 0 fully saturated rings. The van der Waals surface area contributed by atoms with Gasteiger partial charge in [-0.2, -0.15) is 0 Å². The second kappa shape index (κ2) is 4.09. The zero-order valence-electron chi connectivity index (χ0n) is 7.35. The lowest BCUT2D eigenvalue weighted by Gasteiger charge is -2.09. The van der Waals surface area contributed by atoms with Gasteiger partial charge in [0.1, 0.15) is 0 Å². The summed E-state index contributed by atoms with van der Waals surface area (Å²) in [6.45, 7) is 0. The summed E-state index contributed by atoms with van der Waals surface area (Å²) in [4.78, 5) is 5.01. The van der Waals surface area contributed by atoms with Gasteiger partial charge in [0.2, 0.25) is 0 Å². The van der Waals surface area contributed by atoms with Gasteiger partial charge in [-0.15, -0.1) is 11.3 Å². The first-order valence-corrected chi connectivity index (χ1v) is 5.43. The molecule has 2 heterocycles. The predicted octanol–water partition coefficient (Wildman–Crippen LogP) is 2.84. The van der Waals surface area contributed by atoms with E-state index < -0.39 is 0 Å². The van der Waals surface area contributed by atoms with Crippen LogP contribution in [-0.4, -0.2) is 4.98 Å².